The van der Waals surface area contributed by atoms with Crippen molar-refractivity contribution in [3.63, 3.8) is 0 Å². The molecular formula is C43H85N2O6P. The van der Waals surface area contributed by atoms with Crippen LogP contribution in [0.2, 0.25) is 0 Å². The number of aliphatic hydroxyl groups excluding tert-OH is 1. The van der Waals surface area contributed by atoms with E-state index in [1.54, 1.807) is 6.08 Å². The van der Waals surface area contributed by atoms with E-state index in [1.165, 1.54) is 135 Å². The molecule has 0 aromatic heterocycles. The van der Waals surface area contributed by atoms with Crippen molar-refractivity contribution in [1.82, 2.24) is 5.32 Å². The first-order valence-corrected chi connectivity index (χ1v) is 23.2. The maximum atomic E-state index is 12.7. The normalized spacial score (nSPS) is 14.7. The number of hydrogen-bond donors (Lipinski definition) is 2. The molecule has 0 aromatic rings. The summed E-state index contributed by atoms with van der Waals surface area (Å²) in [6, 6.07) is -0.896. The Labute approximate surface area is 322 Å². The molecule has 0 spiro atoms. The molecule has 52 heavy (non-hydrogen) atoms. The zero-order valence-corrected chi connectivity index (χ0v) is 35.7. The van der Waals surface area contributed by atoms with Crippen molar-refractivity contribution < 1.29 is 32.9 Å². The molecule has 1 amide bonds. The van der Waals surface area contributed by atoms with Crippen molar-refractivity contribution in [3.8, 4) is 0 Å². The number of phosphoric ester groups is 1. The van der Waals surface area contributed by atoms with Gasteiger partial charge in [-0.2, -0.15) is 0 Å². The first-order chi connectivity index (χ1) is 25.0. The number of rotatable bonds is 39. The van der Waals surface area contributed by atoms with Crippen LogP contribution in [0.4, 0.5) is 0 Å². The van der Waals surface area contributed by atoms with Crippen LogP contribution in [-0.2, 0) is 18.4 Å². The molecule has 0 radical (unpaired) electrons. The van der Waals surface area contributed by atoms with Crippen LogP contribution in [0.5, 0.6) is 0 Å². The van der Waals surface area contributed by atoms with E-state index in [4.69, 9.17) is 9.05 Å². The number of likely N-dealkylation sites (N-methyl/N-ethyl adjacent to an activating group) is 1. The number of amides is 1. The molecule has 0 saturated heterocycles. The standard InChI is InChI=1S/C43H85N2O6P/c1-6-8-10-12-14-16-17-18-19-20-21-22-23-24-25-26-27-29-30-32-34-36-42(46)41(40-51-52(48,49)50-39-38-45(3,4)5)44-43(47)37-35-33-31-28-15-13-11-9-7-2/h28,31,34,36,41-42,46H,6-27,29-30,32-33,35,37-40H2,1-5H3,(H-,44,47,48,49)/b31-28-,36-34+. The van der Waals surface area contributed by atoms with Crippen LogP contribution in [0, 0.1) is 0 Å². The van der Waals surface area contributed by atoms with E-state index in [9.17, 15) is 19.4 Å². The third-order valence-electron chi connectivity index (χ3n) is 9.66. The minimum atomic E-state index is -4.58. The largest absolute Gasteiger partial charge is 0.756 e. The Hall–Kier alpha value is -1.02. The number of carbonyl (C=O) groups is 1. The summed E-state index contributed by atoms with van der Waals surface area (Å²) in [4.78, 5) is 25.1. The van der Waals surface area contributed by atoms with Gasteiger partial charge in [-0.15, -0.1) is 0 Å². The number of nitrogens with zero attached hydrogens (tertiary/aromatic N) is 1. The fourth-order valence-electron chi connectivity index (χ4n) is 6.16. The van der Waals surface area contributed by atoms with Crippen molar-refractivity contribution in [1.29, 1.82) is 0 Å². The molecule has 8 nitrogen and oxygen atoms in total. The predicted octanol–water partition coefficient (Wildman–Crippen LogP) is 11.1. The number of hydrogen-bond acceptors (Lipinski definition) is 6. The lowest BCUT2D eigenvalue weighted by Crippen LogP contribution is -2.45. The molecule has 0 rings (SSSR count). The lowest BCUT2D eigenvalue weighted by atomic mass is 10.0. The maximum Gasteiger partial charge on any atom is 0.268 e. The molecule has 0 bridgehead atoms. The SMILES string of the molecule is CCCCCC/C=C\CCCC(=O)NC(COP(=O)([O-])OCC[N+](C)(C)C)C(O)/C=C/CCCCCCCCCCCCCCCCCCCCC. The van der Waals surface area contributed by atoms with Gasteiger partial charge in [0.05, 0.1) is 39.9 Å². The highest BCUT2D eigenvalue weighted by Gasteiger charge is 2.23. The Morgan fingerprint density at radius 3 is 1.52 bits per heavy atom. The van der Waals surface area contributed by atoms with Crippen LogP contribution in [0.15, 0.2) is 24.3 Å². The van der Waals surface area contributed by atoms with Gasteiger partial charge in [-0.05, 0) is 38.5 Å². The summed E-state index contributed by atoms with van der Waals surface area (Å²) in [6.45, 7) is 4.59. The van der Waals surface area contributed by atoms with Gasteiger partial charge in [-0.25, -0.2) is 0 Å². The molecule has 0 saturated carbocycles. The fourth-order valence-corrected chi connectivity index (χ4v) is 6.88. The van der Waals surface area contributed by atoms with Crippen molar-refractivity contribution in [3.05, 3.63) is 24.3 Å². The summed E-state index contributed by atoms with van der Waals surface area (Å²) in [6.07, 6.45) is 41.0. The van der Waals surface area contributed by atoms with E-state index in [0.29, 0.717) is 23.9 Å². The number of nitrogens with one attached hydrogen (secondary N) is 1. The lowest BCUT2D eigenvalue weighted by molar-refractivity contribution is -0.870. The number of phosphoric acid groups is 1. The van der Waals surface area contributed by atoms with Gasteiger partial charge in [0, 0.05) is 6.42 Å². The molecule has 0 aliphatic rings. The summed E-state index contributed by atoms with van der Waals surface area (Å²) in [5.41, 5.74) is 0. The molecule has 3 atom stereocenters. The highest BCUT2D eigenvalue weighted by atomic mass is 31.2. The van der Waals surface area contributed by atoms with E-state index in [-0.39, 0.29) is 19.1 Å². The Morgan fingerprint density at radius 2 is 1.06 bits per heavy atom. The lowest BCUT2D eigenvalue weighted by Gasteiger charge is -2.29. The molecule has 0 heterocycles. The van der Waals surface area contributed by atoms with Crippen molar-refractivity contribution in [2.24, 2.45) is 0 Å². The van der Waals surface area contributed by atoms with Gasteiger partial charge < -0.3 is 28.8 Å². The van der Waals surface area contributed by atoms with E-state index < -0.39 is 20.0 Å². The first kappa shape index (κ1) is 51.0. The van der Waals surface area contributed by atoms with Gasteiger partial charge in [-0.3, -0.25) is 9.36 Å². The van der Waals surface area contributed by atoms with Crippen molar-refractivity contribution in [2.75, 3.05) is 40.9 Å². The molecule has 0 aromatic carbocycles. The Morgan fingerprint density at radius 1 is 0.654 bits per heavy atom. The highest BCUT2D eigenvalue weighted by Crippen LogP contribution is 2.38. The van der Waals surface area contributed by atoms with E-state index in [1.807, 2.05) is 27.2 Å². The summed E-state index contributed by atoms with van der Waals surface area (Å²) < 4.78 is 23.1. The quantitative estimate of drug-likeness (QED) is 0.0280. The summed E-state index contributed by atoms with van der Waals surface area (Å²) in [5, 5.41) is 13.7. The second-order valence-electron chi connectivity index (χ2n) is 16.0. The summed E-state index contributed by atoms with van der Waals surface area (Å²) >= 11 is 0. The second kappa shape index (κ2) is 35.7. The smallest absolute Gasteiger partial charge is 0.268 e. The average Bonchev–Trinajstić information content (AvgIpc) is 3.09. The van der Waals surface area contributed by atoms with Crippen LogP contribution in [0.1, 0.15) is 194 Å². The molecule has 2 N–H and O–H groups in total. The van der Waals surface area contributed by atoms with Crippen LogP contribution in [-0.4, -0.2) is 68.5 Å². The van der Waals surface area contributed by atoms with Gasteiger partial charge in [0.1, 0.15) is 13.2 Å². The number of carbonyl (C=O) groups excluding carboxylic acids is 1. The topological polar surface area (TPSA) is 108 Å². The van der Waals surface area contributed by atoms with Crippen LogP contribution in [0.3, 0.4) is 0 Å². The molecule has 0 aliphatic heterocycles. The third-order valence-corrected chi connectivity index (χ3v) is 10.6. The molecule has 9 heteroatoms. The molecule has 0 fully saturated rings. The maximum absolute atomic E-state index is 12.7. The second-order valence-corrected chi connectivity index (χ2v) is 17.5. The molecule has 0 aliphatic carbocycles. The van der Waals surface area contributed by atoms with Crippen molar-refractivity contribution >= 4 is 13.7 Å². The van der Waals surface area contributed by atoms with Gasteiger partial charge in [0.2, 0.25) is 5.91 Å². The minimum absolute atomic E-state index is 0.00464. The van der Waals surface area contributed by atoms with E-state index >= 15 is 0 Å². The predicted molar refractivity (Wildman–Crippen MR) is 219 cm³/mol. The first-order valence-electron chi connectivity index (χ1n) is 21.7. The van der Waals surface area contributed by atoms with Gasteiger partial charge in [-0.1, -0.05) is 173 Å². The monoisotopic (exact) mass is 757 g/mol. The minimum Gasteiger partial charge on any atom is -0.756 e. The number of aliphatic hydroxyl groups is 1. The Balaban J connectivity index is 4.33. The number of allylic oxidation sites excluding steroid dienone is 3. The van der Waals surface area contributed by atoms with Crippen LogP contribution >= 0.6 is 7.82 Å². The Bertz CT molecular complexity index is 907. The summed E-state index contributed by atoms with van der Waals surface area (Å²) in [7, 11) is 1.25. The number of quaternary nitrogens is 1. The molecular weight excluding hydrogens is 671 g/mol. The van der Waals surface area contributed by atoms with E-state index in [0.717, 1.165) is 32.1 Å². The fraction of sp³-hybridized carbons (Fsp3) is 0.884. The third kappa shape index (κ3) is 37.3. The van der Waals surface area contributed by atoms with Crippen molar-refractivity contribution in [2.45, 2.75) is 206 Å². The number of unbranched alkanes of at least 4 members (excludes halogenated alkanes) is 24. The zero-order valence-electron chi connectivity index (χ0n) is 34.8. The zero-order chi connectivity index (χ0) is 38.6. The molecule has 3 unspecified atom stereocenters. The van der Waals surface area contributed by atoms with Crippen LogP contribution in [0.25, 0.3) is 0 Å². The Kier molecular flexibility index (Phi) is 35.0. The summed E-state index contributed by atoms with van der Waals surface area (Å²) in [5.74, 6) is -0.233. The van der Waals surface area contributed by atoms with Gasteiger partial charge in [0.25, 0.3) is 7.82 Å². The van der Waals surface area contributed by atoms with Gasteiger partial charge >= 0.3 is 0 Å². The highest BCUT2D eigenvalue weighted by molar-refractivity contribution is 7.45. The van der Waals surface area contributed by atoms with Gasteiger partial charge in [0.15, 0.2) is 0 Å². The van der Waals surface area contributed by atoms with Crippen LogP contribution < -0.4 is 10.2 Å². The molecule has 308 valence electrons. The average molecular weight is 757 g/mol. The van der Waals surface area contributed by atoms with E-state index in [2.05, 4.69) is 31.3 Å².